The first-order valence-electron chi connectivity index (χ1n) is 8.48. The van der Waals surface area contributed by atoms with E-state index in [9.17, 15) is 15.0 Å². The molecule has 0 aromatic carbocycles. The summed E-state index contributed by atoms with van der Waals surface area (Å²) >= 11 is 0. The normalized spacial score (nSPS) is 14.1. The van der Waals surface area contributed by atoms with E-state index in [2.05, 4.69) is 5.10 Å². The lowest BCUT2D eigenvalue weighted by molar-refractivity contribution is 0.0183. The third-order valence-corrected chi connectivity index (χ3v) is 4.22. The Kier molecular flexibility index (Phi) is 6.09. The van der Waals surface area contributed by atoms with Gasteiger partial charge < -0.3 is 10.2 Å². The Balaban J connectivity index is 3.32. The number of carboxylic acid groups (broad SMARTS) is 1. The maximum Gasteiger partial charge on any atom is 0.408 e. The minimum absolute atomic E-state index is 0.112. The molecule has 0 spiro atoms. The maximum atomic E-state index is 11.9. The third kappa shape index (κ3) is 4.72. The molecule has 0 aliphatic heterocycles. The average Bonchev–Trinajstić information content (AvgIpc) is 2.78. The number of rotatable bonds is 5. The molecule has 1 amide bonds. The highest BCUT2D eigenvalue weighted by molar-refractivity contribution is 5.66. The molecule has 0 saturated carbocycles. The molecule has 0 radical (unpaired) electrons. The molecule has 24 heavy (non-hydrogen) atoms. The molecule has 0 saturated heterocycles. The first kappa shape index (κ1) is 20.5. The van der Waals surface area contributed by atoms with Crippen molar-refractivity contribution < 1.29 is 15.0 Å². The van der Waals surface area contributed by atoms with E-state index in [0.717, 1.165) is 5.69 Å². The van der Waals surface area contributed by atoms with Gasteiger partial charge in [-0.05, 0) is 38.2 Å². The molecule has 6 heteroatoms. The van der Waals surface area contributed by atoms with E-state index >= 15 is 0 Å². The number of aliphatic hydroxyl groups is 1. The number of aliphatic hydroxyl groups excluding tert-OH is 1. The van der Waals surface area contributed by atoms with Gasteiger partial charge >= 0.3 is 6.09 Å². The highest BCUT2D eigenvalue weighted by Gasteiger charge is 2.40. The van der Waals surface area contributed by atoms with Crippen LogP contribution in [0.1, 0.15) is 72.7 Å². The number of carbonyl (C=O) groups is 1. The van der Waals surface area contributed by atoms with Crippen LogP contribution in [0.15, 0.2) is 6.07 Å². The van der Waals surface area contributed by atoms with Gasteiger partial charge in [0.05, 0.1) is 30.6 Å². The number of hydrogen-bond donors (Lipinski definition) is 2. The van der Waals surface area contributed by atoms with Crippen molar-refractivity contribution in [3.8, 4) is 0 Å². The van der Waals surface area contributed by atoms with Crippen molar-refractivity contribution >= 4 is 6.09 Å². The van der Waals surface area contributed by atoms with Gasteiger partial charge in [-0.15, -0.1) is 0 Å². The van der Waals surface area contributed by atoms with Crippen LogP contribution in [0.2, 0.25) is 0 Å². The Morgan fingerprint density at radius 2 is 1.79 bits per heavy atom. The predicted octanol–water partition coefficient (Wildman–Crippen LogP) is 3.69. The molecule has 1 heterocycles. The molecule has 2 N–H and O–H groups in total. The molecule has 0 fully saturated rings. The Morgan fingerprint density at radius 3 is 2.12 bits per heavy atom. The van der Waals surface area contributed by atoms with Gasteiger partial charge in [-0.3, -0.25) is 9.58 Å². The summed E-state index contributed by atoms with van der Waals surface area (Å²) in [5.41, 5.74) is 0.816. The minimum atomic E-state index is -0.941. The summed E-state index contributed by atoms with van der Waals surface area (Å²) in [6.07, 6.45) is -0.941. The van der Waals surface area contributed by atoms with E-state index in [1.807, 2.05) is 61.5 Å². The lowest BCUT2D eigenvalue weighted by atomic mass is 9.83. The van der Waals surface area contributed by atoms with Crippen molar-refractivity contribution in [1.29, 1.82) is 0 Å². The molecule has 1 rings (SSSR count). The summed E-state index contributed by atoms with van der Waals surface area (Å²) in [5.74, 6) is 0.253. The van der Waals surface area contributed by atoms with E-state index in [0.29, 0.717) is 12.2 Å². The molecule has 138 valence electrons. The largest absolute Gasteiger partial charge is 0.465 e. The lowest BCUT2D eigenvalue weighted by Gasteiger charge is -2.45. The molecule has 1 aromatic rings. The highest BCUT2D eigenvalue weighted by Crippen LogP contribution is 2.31. The number of aromatic nitrogens is 2. The van der Waals surface area contributed by atoms with Crippen LogP contribution in [0.25, 0.3) is 0 Å². The molecule has 6 nitrogen and oxygen atoms in total. The van der Waals surface area contributed by atoms with E-state index in [1.165, 1.54) is 4.90 Å². The highest BCUT2D eigenvalue weighted by atomic mass is 16.4. The van der Waals surface area contributed by atoms with Crippen LogP contribution in [0.5, 0.6) is 0 Å². The van der Waals surface area contributed by atoms with Crippen LogP contribution in [-0.2, 0) is 13.2 Å². The number of hydrogen-bond acceptors (Lipinski definition) is 3. The van der Waals surface area contributed by atoms with Gasteiger partial charge in [-0.1, -0.05) is 34.6 Å². The fraction of sp³-hybridized carbons (Fsp3) is 0.778. The van der Waals surface area contributed by atoms with E-state index in [-0.39, 0.29) is 24.0 Å². The second-order valence-corrected chi connectivity index (χ2v) is 8.76. The van der Waals surface area contributed by atoms with Crippen molar-refractivity contribution in [2.75, 3.05) is 0 Å². The fourth-order valence-corrected chi connectivity index (χ4v) is 2.84. The summed E-state index contributed by atoms with van der Waals surface area (Å²) in [6, 6.07) is 1.62. The molecule has 1 unspecified atom stereocenters. The molecule has 0 bridgehead atoms. The monoisotopic (exact) mass is 339 g/mol. The average molecular weight is 339 g/mol. The van der Waals surface area contributed by atoms with Gasteiger partial charge in [0.25, 0.3) is 0 Å². The minimum Gasteiger partial charge on any atom is -0.465 e. The van der Waals surface area contributed by atoms with Crippen molar-refractivity contribution in [1.82, 2.24) is 14.7 Å². The molecular formula is C18H33N3O3. The zero-order valence-electron chi connectivity index (χ0n) is 16.3. The Bertz CT molecular complexity index is 565. The van der Waals surface area contributed by atoms with Gasteiger partial charge in [0, 0.05) is 5.54 Å². The van der Waals surface area contributed by atoms with Crippen molar-refractivity contribution in [3.05, 3.63) is 17.5 Å². The first-order valence-corrected chi connectivity index (χ1v) is 8.48. The van der Waals surface area contributed by atoms with Crippen molar-refractivity contribution in [2.45, 2.75) is 86.0 Å². The summed E-state index contributed by atoms with van der Waals surface area (Å²) in [4.78, 5) is 13.4. The van der Waals surface area contributed by atoms with Crippen LogP contribution in [0, 0.1) is 5.41 Å². The molecule has 0 aliphatic rings. The topological polar surface area (TPSA) is 78.6 Å². The van der Waals surface area contributed by atoms with Gasteiger partial charge in [0.1, 0.15) is 0 Å². The van der Waals surface area contributed by atoms with E-state index in [1.54, 1.807) is 4.68 Å². The van der Waals surface area contributed by atoms with Crippen molar-refractivity contribution in [3.63, 3.8) is 0 Å². The quantitative estimate of drug-likeness (QED) is 0.857. The van der Waals surface area contributed by atoms with Crippen LogP contribution in [0.3, 0.4) is 0 Å². The van der Waals surface area contributed by atoms with Gasteiger partial charge in [0.2, 0.25) is 0 Å². The number of nitrogens with zero attached hydrogens (tertiary/aromatic N) is 3. The Hall–Kier alpha value is -1.56. The summed E-state index contributed by atoms with van der Waals surface area (Å²) in [7, 11) is 0. The van der Waals surface area contributed by atoms with Gasteiger partial charge in [0.15, 0.2) is 0 Å². The fourth-order valence-electron chi connectivity index (χ4n) is 2.84. The number of amides is 1. The van der Waals surface area contributed by atoms with E-state index in [4.69, 9.17) is 0 Å². The Morgan fingerprint density at radius 1 is 1.25 bits per heavy atom. The predicted molar refractivity (Wildman–Crippen MR) is 95.1 cm³/mol. The Labute approximate surface area is 145 Å². The molecule has 1 atom stereocenters. The lowest BCUT2D eigenvalue weighted by Crippen LogP contribution is -2.57. The zero-order valence-corrected chi connectivity index (χ0v) is 16.3. The zero-order chi connectivity index (χ0) is 18.9. The molecule has 0 aliphatic carbocycles. The molecule has 1 aromatic heterocycles. The van der Waals surface area contributed by atoms with Gasteiger partial charge in [-0.2, -0.15) is 5.10 Å². The summed E-state index contributed by atoms with van der Waals surface area (Å²) < 4.78 is 1.76. The van der Waals surface area contributed by atoms with Crippen LogP contribution < -0.4 is 0 Å². The summed E-state index contributed by atoms with van der Waals surface area (Å²) in [6.45, 7) is 16.2. The maximum absolute atomic E-state index is 11.9. The van der Waals surface area contributed by atoms with E-state index < -0.39 is 11.6 Å². The summed E-state index contributed by atoms with van der Waals surface area (Å²) in [5, 5.41) is 24.0. The smallest absolute Gasteiger partial charge is 0.408 e. The first-order chi connectivity index (χ1) is 10.8. The third-order valence-electron chi connectivity index (χ3n) is 4.22. The molecular weight excluding hydrogens is 306 g/mol. The van der Waals surface area contributed by atoms with Crippen molar-refractivity contribution in [2.24, 2.45) is 5.41 Å². The van der Waals surface area contributed by atoms with Crippen LogP contribution >= 0.6 is 0 Å². The van der Waals surface area contributed by atoms with Gasteiger partial charge in [-0.25, -0.2) is 4.79 Å². The van der Waals surface area contributed by atoms with Crippen LogP contribution in [-0.4, -0.2) is 42.6 Å². The second-order valence-electron chi connectivity index (χ2n) is 8.76. The standard InChI is InChI=1S/C18H33N3O3/c1-12(2)14-9-13(11-22)20(19-14)10-15(17(3,4)5)21(16(23)24)18(6,7)8/h9,12,15,22H,10-11H2,1-8H3,(H,23,24). The second kappa shape index (κ2) is 7.13. The SMILES string of the molecule is CC(C)c1cc(CO)n(CC(N(C(=O)O)C(C)(C)C)C(C)(C)C)n1. The van der Waals surface area contributed by atoms with Crippen LogP contribution in [0.4, 0.5) is 4.79 Å².